The minimum absolute atomic E-state index is 0.327. The second-order valence-electron chi connectivity index (χ2n) is 4.37. The van der Waals surface area contributed by atoms with Crippen LogP contribution in [-0.4, -0.2) is 15.7 Å². The number of benzene rings is 1. The van der Waals surface area contributed by atoms with Crippen molar-refractivity contribution >= 4 is 11.6 Å². The highest BCUT2D eigenvalue weighted by atomic mass is 35.5. The summed E-state index contributed by atoms with van der Waals surface area (Å²) in [6.45, 7) is 3.14. The molecule has 1 aromatic carbocycles. The van der Waals surface area contributed by atoms with E-state index in [0.29, 0.717) is 30.2 Å². The van der Waals surface area contributed by atoms with Crippen LogP contribution < -0.4 is 4.74 Å². The Morgan fingerprint density at radius 1 is 1.43 bits per heavy atom. The Balaban J connectivity index is 2.11. The van der Waals surface area contributed by atoms with E-state index < -0.39 is 0 Å². The van der Waals surface area contributed by atoms with Crippen LogP contribution in [0.3, 0.4) is 0 Å². The van der Waals surface area contributed by atoms with Crippen LogP contribution in [-0.2, 0) is 13.2 Å². The van der Waals surface area contributed by atoms with Gasteiger partial charge in [0.15, 0.2) is 0 Å². The summed E-state index contributed by atoms with van der Waals surface area (Å²) in [6.07, 6.45) is 4.22. The van der Waals surface area contributed by atoms with E-state index in [0.717, 1.165) is 12.1 Å². The van der Waals surface area contributed by atoms with Gasteiger partial charge in [-0.05, 0) is 19.1 Å². The van der Waals surface area contributed by atoms with Crippen molar-refractivity contribution in [3.63, 3.8) is 0 Å². The number of aromatic nitrogens is 2. The van der Waals surface area contributed by atoms with E-state index in [1.165, 1.54) is 12.1 Å². The molecule has 0 radical (unpaired) electrons. The van der Waals surface area contributed by atoms with Crippen molar-refractivity contribution in [3.8, 4) is 17.6 Å². The summed E-state index contributed by atoms with van der Waals surface area (Å²) in [7, 11) is 0. The van der Waals surface area contributed by atoms with Crippen LogP contribution in [0.2, 0.25) is 0 Å². The number of nitrogens with zero attached hydrogens (tertiary/aromatic N) is 2. The number of alkyl halides is 1. The van der Waals surface area contributed by atoms with Crippen molar-refractivity contribution in [2.75, 3.05) is 5.88 Å². The molecule has 5 heteroatoms. The number of hydrogen-bond donors (Lipinski definition) is 0. The first-order valence-corrected chi connectivity index (χ1v) is 7.25. The molecule has 0 fully saturated rings. The molecule has 0 N–H and O–H groups in total. The molecular formula is C16H16ClFN2O. The number of aryl methyl sites for hydroxylation is 1. The summed E-state index contributed by atoms with van der Waals surface area (Å²) in [6, 6.07) is 4.32. The van der Waals surface area contributed by atoms with E-state index in [1.54, 1.807) is 12.3 Å². The maximum Gasteiger partial charge on any atom is 0.138 e. The Morgan fingerprint density at radius 2 is 2.29 bits per heavy atom. The van der Waals surface area contributed by atoms with Gasteiger partial charge in [-0.1, -0.05) is 11.8 Å². The van der Waals surface area contributed by atoms with Crippen LogP contribution in [0, 0.1) is 17.7 Å². The number of ether oxygens (including phenoxy) is 1. The molecule has 0 bridgehead atoms. The topological polar surface area (TPSA) is 27.1 Å². The van der Waals surface area contributed by atoms with Crippen LogP contribution in [0.1, 0.15) is 24.5 Å². The molecule has 0 spiro atoms. The molecule has 0 aliphatic rings. The zero-order valence-electron chi connectivity index (χ0n) is 11.8. The first-order chi connectivity index (χ1) is 10.2. The molecule has 110 valence electrons. The standard InChI is InChI=1S/C16H16ClFN2O/c1-2-20-11-13(10-19-20)12-21-16-9-15(18)7-6-14(16)5-3-4-8-17/h6-7,9-11H,2,4,8,12H2,1H3. The molecule has 0 amide bonds. The van der Waals surface area contributed by atoms with E-state index in [-0.39, 0.29) is 5.82 Å². The molecule has 2 aromatic rings. The Bertz CT molecular complexity index is 658. The lowest BCUT2D eigenvalue weighted by molar-refractivity contribution is 0.303. The monoisotopic (exact) mass is 306 g/mol. The summed E-state index contributed by atoms with van der Waals surface area (Å²) >= 11 is 5.59. The average Bonchev–Trinajstić information content (AvgIpc) is 2.95. The summed E-state index contributed by atoms with van der Waals surface area (Å²) in [5, 5.41) is 4.17. The van der Waals surface area contributed by atoms with Crippen LogP contribution >= 0.6 is 11.6 Å². The average molecular weight is 307 g/mol. The molecule has 3 nitrogen and oxygen atoms in total. The predicted molar refractivity (Wildman–Crippen MR) is 80.8 cm³/mol. The van der Waals surface area contributed by atoms with E-state index in [1.807, 2.05) is 17.8 Å². The SMILES string of the molecule is CCn1cc(COc2cc(F)ccc2C#CCCCl)cn1. The van der Waals surface area contributed by atoms with Gasteiger partial charge in [0, 0.05) is 36.7 Å². The zero-order chi connectivity index (χ0) is 15.1. The molecular weight excluding hydrogens is 291 g/mol. The van der Waals surface area contributed by atoms with Gasteiger partial charge in [0.25, 0.3) is 0 Å². The third kappa shape index (κ3) is 4.51. The quantitative estimate of drug-likeness (QED) is 0.623. The fourth-order valence-corrected chi connectivity index (χ4v) is 1.83. The van der Waals surface area contributed by atoms with Gasteiger partial charge in [0.2, 0.25) is 0 Å². The molecule has 0 aliphatic heterocycles. The van der Waals surface area contributed by atoms with E-state index in [2.05, 4.69) is 16.9 Å². The molecule has 0 unspecified atom stereocenters. The fraction of sp³-hybridized carbons (Fsp3) is 0.312. The zero-order valence-corrected chi connectivity index (χ0v) is 12.5. The van der Waals surface area contributed by atoms with Crippen molar-refractivity contribution in [1.82, 2.24) is 9.78 Å². The highest BCUT2D eigenvalue weighted by molar-refractivity contribution is 6.18. The maximum atomic E-state index is 13.4. The lowest BCUT2D eigenvalue weighted by Crippen LogP contribution is -1.97. The second-order valence-corrected chi connectivity index (χ2v) is 4.75. The minimum atomic E-state index is -0.350. The maximum absolute atomic E-state index is 13.4. The van der Waals surface area contributed by atoms with Crippen molar-refractivity contribution in [2.24, 2.45) is 0 Å². The van der Waals surface area contributed by atoms with E-state index in [9.17, 15) is 4.39 Å². The van der Waals surface area contributed by atoms with Crippen LogP contribution in [0.15, 0.2) is 30.6 Å². The van der Waals surface area contributed by atoms with Gasteiger partial charge in [-0.2, -0.15) is 5.10 Å². The van der Waals surface area contributed by atoms with Gasteiger partial charge in [-0.25, -0.2) is 4.39 Å². The Kier molecular flexibility index (Phi) is 5.65. The third-order valence-electron chi connectivity index (χ3n) is 2.79. The second kappa shape index (κ2) is 7.70. The molecule has 0 saturated carbocycles. The first kappa shape index (κ1) is 15.4. The van der Waals surface area contributed by atoms with Gasteiger partial charge >= 0.3 is 0 Å². The summed E-state index contributed by atoms with van der Waals surface area (Å²) in [5.41, 5.74) is 1.59. The lowest BCUT2D eigenvalue weighted by Gasteiger charge is -2.07. The van der Waals surface area contributed by atoms with Crippen LogP contribution in [0.5, 0.6) is 5.75 Å². The summed E-state index contributed by atoms with van der Waals surface area (Å²) < 4.78 is 20.8. The fourth-order valence-electron chi connectivity index (χ4n) is 1.74. The summed E-state index contributed by atoms with van der Waals surface area (Å²) in [4.78, 5) is 0. The van der Waals surface area contributed by atoms with Crippen molar-refractivity contribution < 1.29 is 9.13 Å². The molecule has 0 aliphatic carbocycles. The van der Waals surface area contributed by atoms with Gasteiger partial charge in [-0.15, -0.1) is 11.6 Å². The molecule has 21 heavy (non-hydrogen) atoms. The van der Waals surface area contributed by atoms with E-state index in [4.69, 9.17) is 16.3 Å². The van der Waals surface area contributed by atoms with Crippen molar-refractivity contribution in [3.05, 3.63) is 47.5 Å². The van der Waals surface area contributed by atoms with Gasteiger partial charge in [0.1, 0.15) is 18.2 Å². The third-order valence-corrected chi connectivity index (χ3v) is 2.98. The number of rotatable bonds is 5. The summed E-state index contributed by atoms with van der Waals surface area (Å²) in [5.74, 6) is 6.42. The Hall–Kier alpha value is -1.99. The highest BCUT2D eigenvalue weighted by Gasteiger charge is 2.05. The molecule has 0 saturated heterocycles. The molecule has 1 aromatic heterocycles. The normalized spacial score (nSPS) is 10.0. The van der Waals surface area contributed by atoms with Crippen LogP contribution in [0.25, 0.3) is 0 Å². The van der Waals surface area contributed by atoms with Crippen LogP contribution in [0.4, 0.5) is 4.39 Å². The van der Waals surface area contributed by atoms with Crippen molar-refractivity contribution in [2.45, 2.75) is 26.5 Å². The molecule has 2 rings (SSSR count). The van der Waals surface area contributed by atoms with Crippen molar-refractivity contribution in [1.29, 1.82) is 0 Å². The first-order valence-electron chi connectivity index (χ1n) is 6.71. The lowest BCUT2D eigenvalue weighted by atomic mass is 10.2. The van der Waals surface area contributed by atoms with E-state index >= 15 is 0 Å². The largest absolute Gasteiger partial charge is 0.487 e. The molecule has 0 atom stereocenters. The molecule has 1 heterocycles. The Morgan fingerprint density at radius 3 is 3.00 bits per heavy atom. The smallest absolute Gasteiger partial charge is 0.138 e. The minimum Gasteiger partial charge on any atom is -0.487 e. The number of halogens is 2. The van der Waals surface area contributed by atoms with Gasteiger partial charge < -0.3 is 4.74 Å². The Labute approximate surface area is 128 Å². The number of hydrogen-bond acceptors (Lipinski definition) is 2. The highest BCUT2D eigenvalue weighted by Crippen LogP contribution is 2.20. The van der Waals surface area contributed by atoms with Gasteiger partial charge in [-0.3, -0.25) is 4.68 Å². The van der Waals surface area contributed by atoms with Gasteiger partial charge in [0.05, 0.1) is 11.8 Å². The predicted octanol–water partition coefficient (Wildman–Crippen LogP) is 3.60.